The van der Waals surface area contributed by atoms with Gasteiger partial charge in [0.2, 0.25) is 0 Å². The van der Waals surface area contributed by atoms with Gasteiger partial charge in [0.25, 0.3) is 0 Å². The molecular formula is C52H34N2O. The van der Waals surface area contributed by atoms with E-state index >= 15 is 0 Å². The van der Waals surface area contributed by atoms with Gasteiger partial charge in [0.05, 0.1) is 27.8 Å². The van der Waals surface area contributed by atoms with Gasteiger partial charge >= 0.3 is 0 Å². The summed E-state index contributed by atoms with van der Waals surface area (Å²) >= 11 is 0. The highest BCUT2D eigenvalue weighted by Gasteiger charge is 2.24. The lowest BCUT2D eigenvalue weighted by Gasteiger charge is -2.27. The Balaban J connectivity index is 1.12. The van der Waals surface area contributed by atoms with E-state index in [9.17, 15) is 0 Å². The Morgan fingerprint density at radius 3 is 1.78 bits per heavy atom. The normalized spacial score (nSPS) is 11.6. The van der Waals surface area contributed by atoms with Crippen LogP contribution in [0.4, 0.5) is 17.1 Å². The minimum Gasteiger partial charge on any atom is -0.455 e. The number of furan rings is 1. The lowest BCUT2D eigenvalue weighted by atomic mass is 9.98. The lowest BCUT2D eigenvalue weighted by molar-refractivity contribution is 0.670. The molecular weight excluding hydrogens is 669 g/mol. The Bertz CT molecular complexity index is 3150. The summed E-state index contributed by atoms with van der Waals surface area (Å²) in [6.07, 6.45) is 0. The summed E-state index contributed by atoms with van der Waals surface area (Å²) in [5.41, 5.74) is 12.9. The van der Waals surface area contributed by atoms with Crippen molar-refractivity contribution in [2.24, 2.45) is 0 Å². The smallest absolute Gasteiger partial charge is 0.145 e. The van der Waals surface area contributed by atoms with Crippen molar-refractivity contribution in [1.82, 2.24) is 4.57 Å². The van der Waals surface area contributed by atoms with E-state index in [1.165, 1.54) is 43.7 Å². The maximum atomic E-state index is 6.92. The van der Waals surface area contributed by atoms with Crippen molar-refractivity contribution in [2.75, 3.05) is 4.90 Å². The van der Waals surface area contributed by atoms with E-state index in [4.69, 9.17) is 4.42 Å². The number of fused-ring (bicyclic) bond motifs is 7. The van der Waals surface area contributed by atoms with E-state index in [2.05, 4.69) is 216 Å². The predicted molar refractivity (Wildman–Crippen MR) is 231 cm³/mol. The molecule has 0 bridgehead atoms. The van der Waals surface area contributed by atoms with Crippen molar-refractivity contribution in [3.63, 3.8) is 0 Å². The van der Waals surface area contributed by atoms with Gasteiger partial charge in [0.1, 0.15) is 11.2 Å². The van der Waals surface area contributed by atoms with Crippen LogP contribution in [0.3, 0.4) is 0 Å². The second kappa shape index (κ2) is 12.6. The molecule has 0 radical (unpaired) electrons. The minimum atomic E-state index is 0.861. The summed E-state index contributed by atoms with van der Waals surface area (Å²) in [6.45, 7) is 0. The highest BCUT2D eigenvalue weighted by Crippen LogP contribution is 2.47. The number of nitrogens with zero attached hydrogens (tertiary/aromatic N) is 2. The third kappa shape index (κ3) is 5.05. The topological polar surface area (TPSA) is 21.3 Å². The second-order valence-corrected chi connectivity index (χ2v) is 14.1. The molecule has 0 atom stereocenters. The third-order valence-electron chi connectivity index (χ3n) is 11.0. The Morgan fingerprint density at radius 2 is 1.00 bits per heavy atom. The first-order valence-electron chi connectivity index (χ1n) is 18.8. The molecule has 2 heterocycles. The van der Waals surface area contributed by atoms with Crippen LogP contribution in [0, 0.1) is 0 Å². The molecule has 0 aliphatic carbocycles. The first kappa shape index (κ1) is 31.2. The van der Waals surface area contributed by atoms with Crippen molar-refractivity contribution in [3.8, 4) is 27.9 Å². The molecule has 0 fully saturated rings. The number of rotatable bonds is 6. The van der Waals surface area contributed by atoms with Crippen LogP contribution in [0.15, 0.2) is 211 Å². The van der Waals surface area contributed by atoms with Gasteiger partial charge in [0, 0.05) is 38.7 Å². The van der Waals surface area contributed by atoms with Crippen molar-refractivity contribution >= 4 is 71.6 Å². The van der Waals surface area contributed by atoms with E-state index < -0.39 is 0 Å². The largest absolute Gasteiger partial charge is 0.455 e. The second-order valence-electron chi connectivity index (χ2n) is 14.1. The van der Waals surface area contributed by atoms with E-state index in [-0.39, 0.29) is 0 Å². The van der Waals surface area contributed by atoms with Gasteiger partial charge < -0.3 is 13.9 Å². The average molecular weight is 703 g/mol. The molecule has 0 saturated carbocycles. The van der Waals surface area contributed by atoms with Crippen molar-refractivity contribution < 1.29 is 4.42 Å². The van der Waals surface area contributed by atoms with Crippen LogP contribution in [-0.2, 0) is 0 Å². The fourth-order valence-corrected chi connectivity index (χ4v) is 8.46. The number of hydrogen-bond acceptors (Lipinski definition) is 2. The van der Waals surface area contributed by atoms with Crippen LogP contribution in [0.2, 0.25) is 0 Å². The van der Waals surface area contributed by atoms with Gasteiger partial charge in [-0.1, -0.05) is 140 Å². The van der Waals surface area contributed by atoms with Crippen LogP contribution in [-0.4, -0.2) is 4.57 Å². The van der Waals surface area contributed by atoms with Gasteiger partial charge in [-0.15, -0.1) is 0 Å². The van der Waals surface area contributed by atoms with E-state index in [0.29, 0.717) is 0 Å². The van der Waals surface area contributed by atoms with Crippen molar-refractivity contribution in [1.29, 1.82) is 0 Å². The zero-order chi connectivity index (χ0) is 36.3. The van der Waals surface area contributed by atoms with Gasteiger partial charge in [-0.25, -0.2) is 0 Å². The SMILES string of the molecule is c1ccc(N(c2ccc(-c3ccc4ccccc4c3)cc2)c2ccc(-c3ccccc3-n3c4ccccc4c4ccccc43)c3oc4ccccc4c23)cc1. The quantitative estimate of drug-likeness (QED) is 0.172. The van der Waals surface area contributed by atoms with Crippen LogP contribution in [0.5, 0.6) is 0 Å². The first-order valence-corrected chi connectivity index (χ1v) is 18.8. The van der Waals surface area contributed by atoms with Gasteiger partial charge in [-0.05, 0) is 88.6 Å². The maximum Gasteiger partial charge on any atom is 0.145 e. The lowest BCUT2D eigenvalue weighted by Crippen LogP contribution is -2.10. The molecule has 55 heavy (non-hydrogen) atoms. The molecule has 9 aromatic carbocycles. The highest BCUT2D eigenvalue weighted by atomic mass is 16.3. The summed E-state index contributed by atoms with van der Waals surface area (Å²) in [6, 6.07) is 73.8. The standard InChI is InChI=1S/C52H34N2O/c1-2-16-39(17-3-1)53(40-30-28-36(29-31-40)38-27-26-35-14-4-5-15-37(35)34-38)49-33-32-44(52-51(49)45-21-9-13-25-50(45)55-52)43-20-8-12-24-48(43)54-46-22-10-6-18-41(46)42-19-7-11-23-47(42)54/h1-34H. The van der Waals surface area contributed by atoms with Gasteiger partial charge in [-0.2, -0.15) is 0 Å². The number of anilines is 3. The van der Waals surface area contributed by atoms with Crippen LogP contribution < -0.4 is 4.90 Å². The molecule has 0 amide bonds. The predicted octanol–water partition coefficient (Wildman–Crippen LogP) is 14.6. The first-order chi connectivity index (χ1) is 27.3. The van der Waals surface area contributed by atoms with Gasteiger partial charge in [0.15, 0.2) is 0 Å². The summed E-state index contributed by atoms with van der Waals surface area (Å²) < 4.78 is 9.32. The van der Waals surface area contributed by atoms with E-state index in [1.54, 1.807) is 0 Å². The molecule has 3 nitrogen and oxygen atoms in total. The zero-order valence-electron chi connectivity index (χ0n) is 29.9. The molecule has 0 aliphatic rings. The fourth-order valence-electron chi connectivity index (χ4n) is 8.46. The molecule has 258 valence electrons. The summed E-state index contributed by atoms with van der Waals surface area (Å²) in [5.74, 6) is 0. The molecule has 0 aliphatic heterocycles. The minimum absolute atomic E-state index is 0.861. The molecule has 0 saturated heterocycles. The summed E-state index contributed by atoms with van der Waals surface area (Å²) in [7, 11) is 0. The Labute approximate surface area is 318 Å². The van der Waals surface area contributed by atoms with Crippen LogP contribution in [0.1, 0.15) is 0 Å². The molecule has 0 spiro atoms. The summed E-state index contributed by atoms with van der Waals surface area (Å²) in [5, 5.41) is 7.12. The Hall–Kier alpha value is -7.36. The number of benzene rings is 9. The van der Waals surface area contributed by atoms with Crippen molar-refractivity contribution in [2.45, 2.75) is 0 Å². The maximum absolute atomic E-state index is 6.92. The monoisotopic (exact) mass is 702 g/mol. The van der Waals surface area contributed by atoms with E-state index in [0.717, 1.165) is 55.8 Å². The van der Waals surface area contributed by atoms with E-state index in [1.807, 2.05) is 0 Å². The zero-order valence-corrected chi connectivity index (χ0v) is 29.9. The Morgan fingerprint density at radius 1 is 0.400 bits per heavy atom. The Kier molecular flexibility index (Phi) is 7.17. The van der Waals surface area contributed by atoms with Gasteiger partial charge in [-0.3, -0.25) is 0 Å². The third-order valence-corrected chi connectivity index (χ3v) is 11.0. The summed E-state index contributed by atoms with van der Waals surface area (Å²) in [4.78, 5) is 2.36. The molecule has 0 N–H and O–H groups in total. The number of hydrogen-bond donors (Lipinski definition) is 0. The molecule has 2 aromatic heterocycles. The molecule has 11 rings (SSSR count). The fraction of sp³-hybridized carbons (Fsp3) is 0. The molecule has 0 unspecified atom stereocenters. The van der Waals surface area contributed by atoms with Crippen molar-refractivity contribution in [3.05, 3.63) is 206 Å². The average Bonchev–Trinajstić information content (AvgIpc) is 3.81. The van der Waals surface area contributed by atoms with Crippen LogP contribution >= 0.6 is 0 Å². The molecule has 3 heteroatoms. The number of aromatic nitrogens is 1. The highest BCUT2D eigenvalue weighted by molar-refractivity contribution is 6.18. The molecule has 11 aromatic rings. The number of para-hydroxylation sites is 5. The van der Waals surface area contributed by atoms with Crippen LogP contribution in [0.25, 0.3) is 82.5 Å².